The Labute approximate surface area is 128 Å². The van der Waals surface area contributed by atoms with Gasteiger partial charge in [-0.25, -0.2) is 0 Å². The molecule has 1 amide bonds. The van der Waals surface area contributed by atoms with Crippen molar-refractivity contribution in [2.75, 3.05) is 20.1 Å². The minimum atomic E-state index is -0.111. The molecule has 1 fully saturated rings. The summed E-state index contributed by atoms with van der Waals surface area (Å²) in [5, 5.41) is 3.40. The summed E-state index contributed by atoms with van der Waals surface area (Å²) < 4.78 is 0. The van der Waals surface area contributed by atoms with Gasteiger partial charge in [-0.15, -0.1) is 0 Å². The third-order valence-electron chi connectivity index (χ3n) is 4.34. The van der Waals surface area contributed by atoms with Gasteiger partial charge in [0.05, 0.1) is 6.04 Å². The Bertz CT molecular complexity index is 483. The highest BCUT2D eigenvalue weighted by atomic mass is 16.2. The molecule has 1 aromatic carbocycles. The van der Waals surface area contributed by atoms with Crippen molar-refractivity contribution < 1.29 is 4.79 Å². The molecule has 4 heteroatoms. The van der Waals surface area contributed by atoms with E-state index in [-0.39, 0.29) is 18.1 Å². The van der Waals surface area contributed by atoms with Gasteiger partial charge in [-0.1, -0.05) is 29.8 Å². The standard InChI is InChI=1S/C17H27N3O/c1-12(2)19(5)10-11-20-16(18-14(4)17(20)21)15-8-6-13(3)7-9-15/h6-9,12,14,16,18H,10-11H2,1-5H3. The number of carbonyl (C=O) groups is 1. The highest BCUT2D eigenvalue weighted by Gasteiger charge is 2.36. The van der Waals surface area contributed by atoms with E-state index in [0.717, 1.165) is 18.7 Å². The van der Waals surface area contributed by atoms with Crippen molar-refractivity contribution in [2.24, 2.45) is 0 Å². The van der Waals surface area contributed by atoms with Crippen LogP contribution in [0.2, 0.25) is 0 Å². The number of nitrogens with zero attached hydrogens (tertiary/aromatic N) is 2. The number of hydrogen-bond acceptors (Lipinski definition) is 3. The van der Waals surface area contributed by atoms with Gasteiger partial charge in [-0.2, -0.15) is 0 Å². The lowest BCUT2D eigenvalue weighted by atomic mass is 10.1. The van der Waals surface area contributed by atoms with Crippen molar-refractivity contribution in [3.8, 4) is 0 Å². The van der Waals surface area contributed by atoms with Crippen LogP contribution in [-0.4, -0.2) is 47.9 Å². The molecule has 116 valence electrons. The Kier molecular flexibility index (Phi) is 5.01. The molecular weight excluding hydrogens is 262 g/mol. The molecule has 1 aliphatic heterocycles. The topological polar surface area (TPSA) is 35.6 Å². The quantitative estimate of drug-likeness (QED) is 0.902. The third-order valence-corrected chi connectivity index (χ3v) is 4.34. The molecule has 21 heavy (non-hydrogen) atoms. The summed E-state index contributed by atoms with van der Waals surface area (Å²) in [7, 11) is 2.10. The number of rotatable bonds is 5. The number of carbonyl (C=O) groups excluding carboxylic acids is 1. The van der Waals surface area contributed by atoms with E-state index in [9.17, 15) is 4.79 Å². The van der Waals surface area contributed by atoms with Crippen LogP contribution in [0.15, 0.2) is 24.3 Å². The fourth-order valence-electron chi connectivity index (χ4n) is 2.56. The second-order valence-electron chi connectivity index (χ2n) is 6.31. The van der Waals surface area contributed by atoms with E-state index in [1.807, 2.05) is 11.8 Å². The van der Waals surface area contributed by atoms with Gasteiger partial charge in [0, 0.05) is 19.1 Å². The zero-order chi connectivity index (χ0) is 15.6. The van der Waals surface area contributed by atoms with E-state index in [0.29, 0.717) is 6.04 Å². The fraction of sp³-hybridized carbons (Fsp3) is 0.588. The summed E-state index contributed by atoms with van der Waals surface area (Å²) in [6, 6.07) is 8.80. The van der Waals surface area contributed by atoms with Crippen LogP contribution < -0.4 is 5.32 Å². The summed E-state index contributed by atoms with van der Waals surface area (Å²) in [4.78, 5) is 16.6. The van der Waals surface area contributed by atoms with Gasteiger partial charge in [0.2, 0.25) is 5.91 Å². The molecule has 2 unspecified atom stereocenters. The lowest BCUT2D eigenvalue weighted by Crippen LogP contribution is -2.39. The van der Waals surface area contributed by atoms with E-state index < -0.39 is 0 Å². The van der Waals surface area contributed by atoms with Crippen LogP contribution in [-0.2, 0) is 4.79 Å². The van der Waals surface area contributed by atoms with Crippen molar-refractivity contribution in [1.82, 2.24) is 15.1 Å². The summed E-state index contributed by atoms with van der Waals surface area (Å²) >= 11 is 0. The van der Waals surface area contributed by atoms with Crippen molar-refractivity contribution in [1.29, 1.82) is 0 Å². The average Bonchev–Trinajstić information content (AvgIpc) is 2.73. The minimum Gasteiger partial charge on any atom is -0.320 e. The van der Waals surface area contributed by atoms with Crippen LogP contribution in [0.4, 0.5) is 0 Å². The van der Waals surface area contributed by atoms with Gasteiger partial charge in [-0.05, 0) is 40.3 Å². The molecule has 0 radical (unpaired) electrons. The van der Waals surface area contributed by atoms with E-state index in [4.69, 9.17) is 0 Å². The first kappa shape index (κ1) is 16.0. The number of likely N-dealkylation sites (N-methyl/N-ethyl adjacent to an activating group) is 1. The highest BCUT2D eigenvalue weighted by Crippen LogP contribution is 2.25. The number of benzene rings is 1. The molecule has 1 heterocycles. The Morgan fingerprint density at radius 3 is 2.48 bits per heavy atom. The molecule has 1 N–H and O–H groups in total. The van der Waals surface area contributed by atoms with Crippen LogP contribution in [0.1, 0.15) is 38.1 Å². The van der Waals surface area contributed by atoms with E-state index in [1.54, 1.807) is 0 Å². The Morgan fingerprint density at radius 1 is 1.29 bits per heavy atom. The zero-order valence-electron chi connectivity index (χ0n) is 13.8. The Balaban J connectivity index is 2.11. The smallest absolute Gasteiger partial charge is 0.241 e. The van der Waals surface area contributed by atoms with Gasteiger partial charge < -0.3 is 9.80 Å². The predicted molar refractivity (Wildman–Crippen MR) is 86.0 cm³/mol. The SMILES string of the molecule is Cc1ccc(C2NC(C)C(=O)N2CCN(C)C(C)C)cc1. The Morgan fingerprint density at radius 2 is 1.90 bits per heavy atom. The molecule has 1 aliphatic rings. The van der Waals surface area contributed by atoms with E-state index >= 15 is 0 Å². The van der Waals surface area contributed by atoms with Gasteiger partial charge in [0.15, 0.2) is 0 Å². The number of hydrogen-bond donors (Lipinski definition) is 1. The number of nitrogens with one attached hydrogen (secondary N) is 1. The first-order valence-corrected chi connectivity index (χ1v) is 7.73. The van der Waals surface area contributed by atoms with Crippen LogP contribution in [0.5, 0.6) is 0 Å². The van der Waals surface area contributed by atoms with Crippen LogP contribution in [0.25, 0.3) is 0 Å². The third kappa shape index (κ3) is 3.63. The molecule has 0 saturated carbocycles. The van der Waals surface area contributed by atoms with Crippen LogP contribution >= 0.6 is 0 Å². The monoisotopic (exact) mass is 289 g/mol. The fourth-order valence-corrected chi connectivity index (χ4v) is 2.56. The van der Waals surface area contributed by atoms with Crippen molar-refractivity contribution in [2.45, 2.75) is 45.9 Å². The minimum absolute atomic E-state index is 0.00587. The van der Waals surface area contributed by atoms with Gasteiger partial charge in [0.1, 0.15) is 6.17 Å². The maximum absolute atomic E-state index is 12.4. The van der Waals surface area contributed by atoms with Crippen molar-refractivity contribution in [3.05, 3.63) is 35.4 Å². The maximum Gasteiger partial charge on any atom is 0.241 e. The lowest BCUT2D eigenvalue weighted by Gasteiger charge is -2.28. The summed E-state index contributed by atoms with van der Waals surface area (Å²) in [5.74, 6) is 0.192. The molecule has 0 spiro atoms. The summed E-state index contributed by atoms with van der Waals surface area (Å²) in [6.07, 6.45) is -0.00587. The second-order valence-corrected chi connectivity index (χ2v) is 6.31. The molecule has 4 nitrogen and oxygen atoms in total. The van der Waals surface area contributed by atoms with Gasteiger partial charge >= 0.3 is 0 Å². The molecule has 2 rings (SSSR count). The highest BCUT2D eigenvalue weighted by molar-refractivity contribution is 5.84. The van der Waals surface area contributed by atoms with Crippen molar-refractivity contribution >= 4 is 5.91 Å². The average molecular weight is 289 g/mol. The first-order valence-electron chi connectivity index (χ1n) is 7.73. The van der Waals surface area contributed by atoms with E-state index in [2.05, 4.69) is 62.3 Å². The molecule has 1 aromatic rings. The van der Waals surface area contributed by atoms with Crippen molar-refractivity contribution in [3.63, 3.8) is 0 Å². The molecule has 0 bridgehead atoms. The lowest BCUT2D eigenvalue weighted by molar-refractivity contribution is -0.130. The zero-order valence-corrected chi connectivity index (χ0v) is 13.8. The molecular formula is C17H27N3O. The van der Waals surface area contributed by atoms with Crippen LogP contribution in [0.3, 0.4) is 0 Å². The molecule has 0 aromatic heterocycles. The predicted octanol–water partition coefficient (Wildman–Crippen LogP) is 2.15. The summed E-state index contributed by atoms with van der Waals surface area (Å²) in [6.45, 7) is 10.0. The number of amides is 1. The van der Waals surface area contributed by atoms with Gasteiger partial charge in [-0.3, -0.25) is 10.1 Å². The normalized spacial score (nSPS) is 22.6. The van der Waals surface area contributed by atoms with E-state index in [1.165, 1.54) is 5.56 Å². The molecule has 1 saturated heterocycles. The second kappa shape index (κ2) is 6.58. The molecule has 0 aliphatic carbocycles. The molecule has 2 atom stereocenters. The maximum atomic E-state index is 12.4. The Hall–Kier alpha value is -1.39. The number of aryl methyl sites for hydroxylation is 1. The first-order chi connectivity index (χ1) is 9.90. The van der Waals surface area contributed by atoms with Crippen LogP contribution in [0, 0.1) is 6.92 Å². The largest absolute Gasteiger partial charge is 0.320 e. The van der Waals surface area contributed by atoms with Gasteiger partial charge in [0.25, 0.3) is 0 Å². The summed E-state index contributed by atoms with van der Waals surface area (Å²) in [5.41, 5.74) is 2.40.